The Kier molecular flexibility index (Phi) is 8.06. The number of benzene rings is 1. The number of hydrazine groups is 1. The predicted octanol–water partition coefficient (Wildman–Crippen LogP) is 1.20. The molecule has 2 rings (SSSR count). The summed E-state index contributed by atoms with van der Waals surface area (Å²) in [6.07, 6.45) is 2.36. The summed E-state index contributed by atoms with van der Waals surface area (Å²) in [7, 11) is 0. The first-order valence-electron chi connectivity index (χ1n) is 8.85. The lowest BCUT2D eigenvalue weighted by molar-refractivity contribution is -0.130. The van der Waals surface area contributed by atoms with Crippen molar-refractivity contribution in [2.75, 3.05) is 12.0 Å². The van der Waals surface area contributed by atoms with Gasteiger partial charge in [0.05, 0.1) is 5.69 Å². The second kappa shape index (κ2) is 10.5. The fourth-order valence-corrected chi connectivity index (χ4v) is 3.04. The molecule has 1 atom stereocenters. The van der Waals surface area contributed by atoms with Gasteiger partial charge in [0.15, 0.2) is 0 Å². The molecule has 150 valence electrons. The van der Waals surface area contributed by atoms with E-state index in [0.29, 0.717) is 17.7 Å². The molecule has 0 fully saturated rings. The Balaban J connectivity index is 1.91. The van der Waals surface area contributed by atoms with E-state index in [9.17, 15) is 14.4 Å². The molecule has 3 amide bonds. The molecule has 0 aliphatic heterocycles. The molecular formula is C19H25N5O3S. The molecule has 1 heterocycles. The van der Waals surface area contributed by atoms with Gasteiger partial charge in [0.25, 0.3) is 17.7 Å². The fraction of sp³-hybridized carbons (Fsp3) is 0.368. The van der Waals surface area contributed by atoms with Crippen LogP contribution in [-0.4, -0.2) is 45.6 Å². The maximum absolute atomic E-state index is 12.5. The van der Waals surface area contributed by atoms with Crippen LogP contribution < -0.4 is 16.2 Å². The second-order valence-electron chi connectivity index (χ2n) is 6.30. The SMILES string of the molecule is CSCC[C@@H](NC(=O)c1ccccc1)C(=O)NNC(=O)Cn1nc(C)cc1C. The zero-order valence-electron chi connectivity index (χ0n) is 16.2. The van der Waals surface area contributed by atoms with Gasteiger partial charge in [-0.2, -0.15) is 16.9 Å². The molecule has 0 unspecified atom stereocenters. The Morgan fingerprint density at radius 3 is 2.46 bits per heavy atom. The van der Waals surface area contributed by atoms with Crippen LogP contribution in [0.1, 0.15) is 28.2 Å². The molecule has 0 radical (unpaired) electrons. The molecule has 8 nitrogen and oxygen atoms in total. The van der Waals surface area contributed by atoms with Crippen LogP contribution in [0.4, 0.5) is 0 Å². The molecule has 0 aliphatic rings. The van der Waals surface area contributed by atoms with Crippen LogP contribution in [0.5, 0.6) is 0 Å². The number of thioether (sulfide) groups is 1. The summed E-state index contributed by atoms with van der Waals surface area (Å²) in [5.74, 6) is -0.527. The summed E-state index contributed by atoms with van der Waals surface area (Å²) >= 11 is 1.57. The summed E-state index contributed by atoms with van der Waals surface area (Å²) < 4.78 is 1.55. The normalized spacial score (nSPS) is 11.5. The first-order chi connectivity index (χ1) is 13.4. The number of aryl methyl sites for hydroxylation is 2. The molecule has 0 spiro atoms. The number of aromatic nitrogens is 2. The number of amides is 3. The Labute approximate surface area is 168 Å². The molecule has 2 aromatic rings. The van der Waals surface area contributed by atoms with E-state index in [2.05, 4.69) is 21.3 Å². The number of hydrogen-bond acceptors (Lipinski definition) is 5. The van der Waals surface area contributed by atoms with Crippen molar-refractivity contribution in [1.82, 2.24) is 25.9 Å². The number of nitrogens with zero attached hydrogens (tertiary/aromatic N) is 2. The fourth-order valence-electron chi connectivity index (χ4n) is 2.56. The topological polar surface area (TPSA) is 105 Å². The first kappa shape index (κ1) is 21.5. The Bertz CT molecular complexity index is 822. The van der Waals surface area contributed by atoms with Gasteiger partial charge in [-0.25, -0.2) is 0 Å². The molecule has 1 aromatic heterocycles. The smallest absolute Gasteiger partial charge is 0.260 e. The van der Waals surface area contributed by atoms with Crippen molar-refractivity contribution in [2.45, 2.75) is 32.9 Å². The van der Waals surface area contributed by atoms with Crippen molar-refractivity contribution in [3.63, 3.8) is 0 Å². The van der Waals surface area contributed by atoms with Gasteiger partial charge in [0.2, 0.25) is 0 Å². The maximum atomic E-state index is 12.5. The minimum absolute atomic E-state index is 0.00813. The average Bonchev–Trinajstić information content (AvgIpc) is 3.00. The standard InChI is InChI=1S/C19H25N5O3S/c1-13-11-14(2)24(23-13)12-17(25)21-22-19(27)16(9-10-28-3)20-18(26)15-7-5-4-6-8-15/h4-8,11,16H,9-10,12H2,1-3H3,(H,20,26)(H,21,25)(H,22,27)/t16-/m1/s1. The highest BCUT2D eigenvalue weighted by molar-refractivity contribution is 7.98. The lowest BCUT2D eigenvalue weighted by Gasteiger charge is -2.18. The highest BCUT2D eigenvalue weighted by atomic mass is 32.2. The molecule has 0 saturated carbocycles. The van der Waals surface area contributed by atoms with E-state index in [1.165, 1.54) is 0 Å². The van der Waals surface area contributed by atoms with Crippen LogP contribution in [-0.2, 0) is 16.1 Å². The zero-order valence-corrected chi connectivity index (χ0v) is 17.0. The average molecular weight is 404 g/mol. The zero-order chi connectivity index (χ0) is 20.5. The van der Waals surface area contributed by atoms with Crippen molar-refractivity contribution in [1.29, 1.82) is 0 Å². The molecule has 0 saturated heterocycles. The number of carbonyl (C=O) groups is 3. The number of carbonyl (C=O) groups excluding carboxylic acids is 3. The van der Waals surface area contributed by atoms with Crippen molar-refractivity contribution >= 4 is 29.5 Å². The van der Waals surface area contributed by atoms with Crippen LogP contribution in [0, 0.1) is 13.8 Å². The maximum Gasteiger partial charge on any atom is 0.260 e. The molecule has 3 N–H and O–H groups in total. The lowest BCUT2D eigenvalue weighted by atomic mass is 10.1. The highest BCUT2D eigenvalue weighted by Crippen LogP contribution is 2.04. The van der Waals surface area contributed by atoms with Crippen LogP contribution in [0.25, 0.3) is 0 Å². The summed E-state index contributed by atoms with van der Waals surface area (Å²) in [5, 5.41) is 6.93. The summed E-state index contributed by atoms with van der Waals surface area (Å²) in [4.78, 5) is 36.9. The number of nitrogens with one attached hydrogen (secondary N) is 3. The molecule has 9 heteroatoms. The lowest BCUT2D eigenvalue weighted by Crippen LogP contribution is -2.53. The quantitative estimate of drug-likeness (QED) is 0.575. The minimum Gasteiger partial charge on any atom is -0.340 e. The molecule has 28 heavy (non-hydrogen) atoms. The van der Waals surface area contributed by atoms with Crippen molar-refractivity contribution < 1.29 is 14.4 Å². The number of rotatable bonds is 8. The van der Waals surface area contributed by atoms with Gasteiger partial charge in [0, 0.05) is 11.3 Å². The Morgan fingerprint density at radius 2 is 1.86 bits per heavy atom. The van der Waals surface area contributed by atoms with E-state index in [0.717, 1.165) is 11.4 Å². The predicted molar refractivity (Wildman–Crippen MR) is 109 cm³/mol. The van der Waals surface area contributed by atoms with Crippen molar-refractivity contribution in [3.8, 4) is 0 Å². The highest BCUT2D eigenvalue weighted by Gasteiger charge is 2.21. The van der Waals surface area contributed by atoms with Crippen molar-refractivity contribution in [2.24, 2.45) is 0 Å². The minimum atomic E-state index is -0.755. The van der Waals surface area contributed by atoms with E-state index in [4.69, 9.17) is 0 Å². The van der Waals surface area contributed by atoms with Crippen LogP contribution >= 0.6 is 11.8 Å². The molecular weight excluding hydrogens is 378 g/mol. The van der Waals surface area contributed by atoms with Gasteiger partial charge < -0.3 is 5.32 Å². The largest absolute Gasteiger partial charge is 0.340 e. The Hall–Kier alpha value is -2.81. The van der Waals surface area contributed by atoms with Crippen LogP contribution in [0.3, 0.4) is 0 Å². The summed E-state index contributed by atoms with van der Waals surface area (Å²) in [5.41, 5.74) is 6.91. The van der Waals surface area contributed by atoms with Crippen LogP contribution in [0.15, 0.2) is 36.4 Å². The summed E-state index contributed by atoms with van der Waals surface area (Å²) in [6.45, 7) is 3.68. The van der Waals surface area contributed by atoms with Gasteiger partial charge in [-0.1, -0.05) is 18.2 Å². The molecule has 0 bridgehead atoms. The third kappa shape index (κ3) is 6.41. The Morgan fingerprint density at radius 1 is 1.14 bits per heavy atom. The van der Waals surface area contributed by atoms with Crippen molar-refractivity contribution in [3.05, 3.63) is 53.3 Å². The third-order valence-corrected chi connectivity index (χ3v) is 4.63. The molecule has 1 aromatic carbocycles. The van der Waals surface area contributed by atoms with Gasteiger partial charge >= 0.3 is 0 Å². The third-order valence-electron chi connectivity index (χ3n) is 3.99. The molecule has 0 aliphatic carbocycles. The van der Waals surface area contributed by atoms with Crippen LogP contribution in [0.2, 0.25) is 0 Å². The van der Waals surface area contributed by atoms with E-state index in [1.54, 1.807) is 40.7 Å². The van der Waals surface area contributed by atoms with Gasteiger partial charge in [-0.3, -0.25) is 29.9 Å². The van der Waals surface area contributed by atoms with E-state index in [-0.39, 0.29) is 12.5 Å². The van der Waals surface area contributed by atoms with E-state index in [1.807, 2.05) is 32.2 Å². The second-order valence-corrected chi connectivity index (χ2v) is 7.28. The first-order valence-corrected chi connectivity index (χ1v) is 10.2. The van der Waals surface area contributed by atoms with Gasteiger partial charge in [-0.05, 0) is 50.5 Å². The number of hydrogen-bond donors (Lipinski definition) is 3. The van der Waals surface area contributed by atoms with Gasteiger partial charge in [-0.15, -0.1) is 0 Å². The summed E-state index contributed by atoms with van der Waals surface area (Å²) in [6, 6.07) is 9.78. The van der Waals surface area contributed by atoms with E-state index >= 15 is 0 Å². The van der Waals surface area contributed by atoms with E-state index < -0.39 is 17.9 Å². The van der Waals surface area contributed by atoms with Gasteiger partial charge in [0.1, 0.15) is 12.6 Å². The monoisotopic (exact) mass is 403 g/mol.